The zero-order valence-corrected chi connectivity index (χ0v) is 18.5. The molecule has 1 saturated carbocycles. The molecule has 2 saturated heterocycles. The number of benzene rings is 2. The van der Waals surface area contributed by atoms with E-state index in [0.29, 0.717) is 5.92 Å². The minimum Gasteiger partial charge on any atom is -0.368 e. The largest absolute Gasteiger partial charge is 0.368 e. The number of carbonyl (C=O) groups excluding carboxylic acids is 2. The molecule has 2 aromatic carbocycles. The average molecular weight is 433 g/mol. The normalized spacial score (nSPS) is 25.8. The molecular formula is C26H32N4O2. The highest BCUT2D eigenvalue weighted by Gasteiger charge is 2.39. The van der Waals surface area contributed by atoms with Gasteiger partial charge in [0.1, 0.15) is 0 Å². The summed E-state index contributed by atoms with van der Waals surface area (Å²) in [5, 5.41) is 0. The third kappa shape index (κ3) is 4.37. The van der Waals surface area contributed by atoms with Crippen molar-refractivity contribution in [2.45, 2.75) is 38.1 Å². The fraction of sp³-hybridized carbons (Fsp3) is 0.462. The summed E-state index contributed by atoms with van der Waals surface area (Å²) in [5.41, 5.74) is 9.27. The highest BCUT2D eigenvalue weighted by Crippen LogP contribution is 2.35. The van der Waals surface area contributed by atoms with Crippen molar-refractivity contribution in [3.63, 3.8) is 0 Å². The summed E-state index contributed by atoms with van der Waals surface area (Å²) in [6.45, 7) is 3.17. The Bertz CT molecular complexity index is 955. The SMILES string of the molecule is O=C1NNC(Cc2cccc(C(=O)N3CCN(c4ccccc4)CC3)c2)C2CCCCC12. The van der Waals surface area contributed by atoms with Crippen molar-refractivity contribution in [3.05, 3.63) is 65.7 Å². The average Bonchev–Trinajstić information content (AvgIpc) is 2.86. The number of hydrogen-bond donors (Lipinski definition) is 2. The summed E-state index contributed by atoms with van der Waals surface area (Å²) >= 11 is 0. The minimum absolute atomic E-state index is 0.111. The zero-order chi connectivity index (χ0) is 21.9. The zero-order valence-electron chi connectivity index (χ0n) is 18.5. The van der Waals surface area contributed by atoms with Crippen molar-refractivity contribution in [3.8, 4) is 0 Å². The highest BCUT2D eigenvalue weighted by atomic mass is 16.2. The summed E-state index contributed by atoms with van der Waals surface area (Å²) < 4.78 is 0. The second-order valence-corrected chi connectivity index (χ2v) is 9.31. The molecule has 0 spiro atoms. The Morgan fingerprint density at radius 3 is 2.53 bits per heavy atom. The molecule has 32 heavy (non-hydrogen) atoms. The summed E-state index contributed by atoms with van der Waals surface area (Å²) in [6, 6.07) is 18.7. The van der Waals surface area contributed by atoms with E-state index in [1.165, 1.54) is 12.1 Å². The first-order valence-corrected chi connectivity index (χ1v) is 11.9. The summed E-state index contributed by atoms with van der Waals surface area (Å²) in [5.74, 6) is 0.758. The van der Waals surface area contributed by atoms with Gasteiger partial charge in [-0.05, 0) is 55.0 Å². The van der Waals surface area contributed by atoms with Crippen molar-refractivity contribution < 1.29 is 9.59 Å². The number of anilines is 1. The number of hydrazine groups is 1. The van der Waals surface area contributed by atoms with E-state index in [-0.39, 0.29) is 23.8 Å². The lowest BCUT2D eigenvalue weighted by Gasteiger charge is -2.41. The van der Waals surface area contributed by atoms with Gasteiger partial charge in [-0.25, -0.2) is 5.43 Å². The second kappa shape index (κ2) is 9.33. The Morgan fingerprint density at radius 1 is 0.938 bits per heavy atom. The first kappa shape index (κ1) is 21.0. The number of rotatable bonds is 4. The van der Waals surface area contributed by atoms with Gasteiger partial charge in [0.05, 0.1) is 0 Å². The molecular weight excluding hydrogens is 400 g/mol. The van der Waals surface area contributed by atoms with Crippen LogP contribution in [0.2, 0.25) is 0 Å². The van der Waals surface area contributed by atoms with Crippen LogP contribution in [0.1, 0.15) is 41.6 Å². The lowest BCUT2D eigenvalue weighted by atomic mass is 9.72. The molecule has 5 rings (SSSR count). The van der Waals surface area contributed by atoms with Crippen molar-refractivity contribution in [2.75, 3.05) is 31.1 Å². The molecule has 3 aliphatic rings. The molecule has 2 amide bonds. The molecule has 0 radical (unpaired) electrons. The molecule has 6 heteroatoms. The predicted octanol–water partition coefficient (Wildman–Crippen LogP) is 3.00. The fourth-order valence-electron chi connectivity index (χ4n) is 5.61. The van der Waals surface area contributed by atoms with Gasteiger partial charge in [-0.15, -0.1) is 0 Å². The van der Waals surface area contributed by atoms with Gasteiger partial charge in [-0.1, -0.05) is 43.2 Å². The van der Waals surface area contributed by atoms with E-state index in [2.05, 4.69) is 46.1 Å². The summed E-state index contributed by atoms with van der Waals surface area (Å²) in [6.07, 6.45) is 5.25. The molecule has 2 aromatic rings. The maximum Gasteiger partial charge on any atom is 0.253 e. The molecule has 1 aliphatic carbocycles. The summed E-state index contributed by atoms with van der Waals surface area (Å²) in [4.78, 5) is 29.7. The van der Waals surface area contributed by atoms with Gasteiger partial charge in [0.15, 0.2) is 0 Å². The van der Waals surface area contributed by atoms with Gasteiger partial charge < -0.3 is 9.80 Å². The molecule has 3 fully saturated rings. The summed E-state index contributed by atoms with van der Waals surface area (Å²) in [7, 11) is 0. The Labute approximate surface area is 189 Å². The Kier molecular flexibility index (Phi) is 6.12. The molecule has 2 heterocycles. The van der Waals surface area contributed by atoms with Crippen LogP contribution in [-0.4, -0.2) is 48.9 Å². The molecule has 2 aliphatic heterocycles. The molecule has 0 bridgehead atoms. The van der Waals surface area contributed by atoms with E-state index in [9.17, 15) is 9.59 Å². The quantitative estimate of drug-likeness (QED) is 0.780. The van der Waals surface area contributed by atoms with E-state index >= 15 is 0 Å². The lowest BCUT2D eigenvalue weighted by Crippen LogP contribution is -2.60. The number of nitrogens with zero attached hydrogens (tertiary/aromatic N) is 2. The minimum atomic E-state index is 0.111. The molecule has 3 unspecified atom stereocenters. The van der Waals surface area contributed by atoms with Gasteiger partial charge in [-0.2, -0.15) is 0 Å². The molecule has 3 atom stereocenters. The molecule has 0 aromatic heterocycles. The monoisotopic (exact) mass is 432 g/mol. The maximum atomic E-state index is 13.2. The number of fused-ring (bicyclic) bond motifs is 1. The van der Waals surface area contributed by atoms with Gasteiger partial charge in [-0.3, -0.25) is 15.0 Å². The number of hydrogen-bond acceptors (Lipinski definition) is 4. The van der Waals surface area contributed by atoms with Crippen LogP contribution in [0.25, 0.3) is 0 Å². The highest BCUT2D eigenvalue weighted by molar-refractivity contribution is 5.94. The van der Waals surface area contributed by atoms with Crippen LogP contribution in [0.3, 0.4) is 0 Å². The first-order valence-electron chi connectivity index (χ1n) is 11.9. The van der Waals surface area contributed by atoms with Gasteiger partial charge in [0.2, 0.25) is 5.91 Å². The van der Waals surface area contributed by atoms with Crippen LogP contribution in [0.5, 0.6) is 0 Å². The van der Waals surface area contributed by atoms with E-state index in [0.717, 1.165) is 63.0 Å². The number of para-hydroxylation sites is 1. The first-order chi connectivity index (χ1) is 15.7. The standard InChI is InChI=1S/C26H32N4O2/c31-25-23-12-5-4-11-22(23)24(27-28-25)18-19-7-6-8-20(17-19)26(32)30-15-13-29(14-16-30)21-9-2-1-3-10-21/h1-3,6-10,17,22-24,27H,4-5,11-16,18H2,(H,28,31). The number of amides is 2. The fourth-order valence-corrected chi connectivity index (χ4v) is 5.61. The number of carbonyl (C=O) groups is 2. The predicted molar refractivity (Wildman–Crippen MR) is 125 cm³/mol. The van der Waals surface area contributed by atoms with Crippen molar-refractivity contribution >= 4 is 17.5 Å². The lowest BCUT2D eigenvalue weighted by molar-refractivity contribution is -0.133. The van der Waals surface area contributed by atoms with E-state index < -0.39 is 0 Å². The maximum absolute atomic E-state index is 13.2. The molecule has 2 N–H and O–H groups in total. The van der Waals surface area contributed by atoms with Crippen LogP contribution >= 0.6 is 0 Å². The topological polar surface area (TPSA) is 64.7 Å². The van der Waals surface area contributed by atoms with Crippen molar-refractivity contribution in [1.29, 1.82) is 0 Å². The van der Waals surface area contributed by atoms with Crippen molar-refractivity contribution in [2.24, 2.45) is 11.8 Å². The van der Waals surface area contributed by atoms with Crippen LogP contribution in [0.4, 0.5) is 5.69 Å². The van der Waals surface area contributed by atoms with Gasteiger partial charge in [0.25, 0.3) is 5.91 Å². The number of nitrogens with one attached hydrogen (secondary N) is 2. The van der Waals surface area contributed by atoms with Crippen LogP contribution in [0.15, 0.2) is 54.6 Å². The Morgan fingerprint density at radius 2 is 1.72 bits per heavy atom. The second-order valence-electron chi connectivity index (χ2n) is 9.31. The molecule has 6 nitrogen and oxygen atoms in total. The van der Waals surface area contributed by atoms with Crippen LogP contribution in [-0.2, 0) is 11.2 Å². The number of piperazine rings is 1. The third-order valence-corrected chi connectivity index (χ3v) is 7.37. The van der Waals surface area contributed by atoms with Gasteiger partial charge in [0, 0.05) is 49.4 Å². The smallest absolute Gasteiger partial charge is 0.253 e. The van der Waals surface area contributed by atoms with E-state index in [4.69, 9.17) is 0 Å². The van der Waals surface area contributed by atoms with Crippen molar-refractivity contribution in [1.82, 2.24) is 15.8 Å². The van der Waals surface area contributed by atoms with Crippen LogP contribution in [0, 0.1) is 11.8 Å². The van der Waals surface area contributed by atoms with Gasteiger partial charge >= 0.3 is 0 Å². The van der Waals surface area contributed by atoms with Crippen LogP contribution < -0.4 is 15.8 Å². The van der Waals surface area contributed by atoms with E-state index in [1.807, 2.05) is 29.2 Å². The third-order valence-electron chi connectivity index (χ3n) is 7.37. The van der Waals surface area contributed by atoms with E-state index in [1.54, 1.807) is 0 Å². The Hall–Kier alpha value is -2.86. The molecule has 168 valence electrons. The Balaban J connectivity index is 1.22.